The number of thiazole rings is 1. The van der Waals surface area contributed by atoms with Gasteiger partial charge in [-0.25, -0.2) is 9.78 Å². The number of carbonyl (C=O) groups is 3. The summed E-state index contributed by atoms with van der Waals surface area (Å²) in [7, 11) is 0. The summed E-state index contributed by atoms with van der Waals surface area (Å²) in [5.74, 6) is -1.06. The van der Waals surface area contributed by atoms with E-state index in [1.165, 1.54) is 25.2 Å². The van der Waals surface area contributed by atoms with Gasteiger partial charge in [0, 0.05) is 11.1 Å². The third-order valence-corrected chi connectivity index (χ3v) is 4.74. The molecule has 1 aliphatic heterocycles. The molecule has 1 unspecified atom stereocenters. The monoisotopic (exact) mass is 295 g/mol. The molecule has 1 fully saturated rings. The lowest BCUT2D eigenvalue weighted by Gasteiger charge is -2.37. The largest absolute Gasteiger partial charge is 0.331 e. The van der Waals surface area contributed by atoms with E-state index in [2.05, 4.69) is 10.3 Å². The number of imide groups is 2. The molecule has 0 aromatic carbocycles. The van der Waals surface area contributed by atoms with E-state index in [4.69, 9.17) is 0 Å². The molecule has 1 aromatic heterocycles. The molecule has 0 spiro atoms. The predicted octanol–water partition coefficient (Wildman–Crippen LogP) is 1.87. The minimum absolute atomic E-state index is 0.486. The number of aromatic nitrogens is 1. The first kappa shape index (κ1) is 14.6. The van der Waals surface area contributed by atoms with Crippen molar-refractivity contribution in [2.75, 3.05) is 0 Å². The van der Waals surface area contributed by atoms with Crippen molar-refractivity contribution in [3.63, 3.8) is 0 Å². The van der Waals surface area contributed by atoms with Crippen LogP contribution in [0, 0.1) is 5.41 Å². The molecule has 2 rings (SSSR count). The van der Waals surface area contributed by atoms with Gasteiger partial charge in [-0.3, -0.25) is 19.8 Å². The van der Waals surface area contributed by atoms with Crippen molar-refractivity contribution in [1.82, 2.24) is 15.2 Å². The van der Waals surface area contributed by atoms with Gasteiger partial charge >= 0.3 is 6.03 Å². The minimum Gasteiger partial charge on any atom is -0.277 e. The van der Waals surface area contributed by atoms with Crippen LogP contribution in [-0.2, 0) is 16.0 Å². The molecule has 1 atom stereocenters. The quantitative estimate of drug-likeness (QED) is 0.863. The number of urea groups is 1. The molecule has 6 nitrogen and oxygen atoms in total. The molecule has 0 radical (unpaired) electrons. The molecule has 108 valence electrons. The first-order chi connectivity index (χ1) is 9.28. The summed E-state index contributed by atoms with van der Waals surface area (Å²) < 4.78 is 0. The maximum Gasteiger partial charge on any atom is 0.331 e. The van der Waals surface area contributed by atoms with E-state index in [9.17, 15) is 14.4 Å². The van der Waals surface area contributed by atoms with Crippen LogP contribution in [0.2, 0.25) is 0 Å². The van der Waals surface area contributed by atoms with Crippen molar-refractivity contribution >= 4 is 29.2 Å². The second-order valence-corrected chi connectivity index (χ2v) is 6.40. The summed E-state index contributed by atoms with van der Waals surface area (Å²) in [6.07, 6.45) is 2.60. The lowest BCUT2D eigenvalue weighted by Crippen LogP contribution is -2.62. The van der Waals surface area contributed by atoms with Crippen molar-refractivity contribution in [3.8, 4) is 0 Å². The fourth-order valence-corrected chi connectivity index (χ4v) is 2.85. The Labute approximate surface area is 121 Å². The van der Waals surface area contributed by atoms with Crippen LogP contribution in [-0.4, -0.2) is 27.7 Å². The van der Waals surface area contributed by atoms with Gasteiger partial charge in [-0.2, -0.15) is 0 Å². The van der Waals surface area contributed by atoms with Gasteiger partial charge in [0.2, 0.25) is 11.8 Å². The molecule has 1 aromatic rings. The summed E-state index contributed by atoms with van der Waals surface area (Å²) in [6, 6.07) is -1.17. The number of hydrogen-bond acceptors (Lipinski definition) is 5. The Morgan fingerprint density at radius 1 is 1.40 bits per heavy atom. The molecule has 2 heterocycles. The van der Waals surface area contributed by atoms with Gasteiger partial charge in [0.1, 0.15) is 10.4 Å². The van der Waals surface area contributed by atoms with Gasteiger partial charge in [0.25, 0.3) is 0 Å². The Morgan fingerprint density at radius 3 is 2.60 bits per heavy atom. The lowest BCUT2D eigenvalue weighted by molar-refractivity contribution is -0.150. The molecule has 0 bridgehead atoms. The van der Waals surface area contributed by atoms with Gasteiger partial charge in [0.05, 0.1) is 6.04 Å². The van der Waals surface area contributed by atoms with Crippen molar-refractivity contribution in [2.45, 2.75) is 40.2 Å². The maximum absolute atomic E-state index is 12.4. The summed E-state index contributed by atoms with van der Waals surface area (Å²) in [4.78, 5) is 42.5. The van der Waals surface area contributed by atoms with Crippen molar-refractivity contribution in [3.05, 3.63) is 16.1 Å². The lowest BCUT2D eigenvalue weighted by atomic mass is 9.88. The average Bonchev–Trinajstić information content (AvgIpc) is 2.85. The molecular formula is C13H17N3O3S. The van der Waals surface area contributed by atoms with Crippen LogP contribution >= 0.6 is 11.3 Å². The third-order valence-electron chi connectivity index (χ3n) is 3.42. The SMILES string of the molecule is CCc1cnc(C(C)N2C(=O)NC(=O)C(C)(C)C2=O)s1. The fourth-order valence-electron chi connectivity index (χ4n) is 1.95. The first-order valence-corrected chi connectivity index (χ1v) is 7.24. The van der Waals surface area contributed by atoms with Crippen molar-refractivity contribution < 1.29 is 14.4 Å². The predicted molar refractivity (Wildman–Crippen MR) is 74.1 cm³/mol. The van der Waals surface area contributed by atoms with E-state index in [1.807, 2.05) is 6.92 Å². The Morgan fingerprint density at radius 2 is 2.05 bits per heavy atom. The summed E-state index contributed by atoms with van der Waals surface area (Å²) >= 11 is 1.47. The zero-order valence-electron chi connectivity index (χ0n) is 11.9. The standard InChI is InChI=1S/C13H17N3O3S/c1-5-8-6-14-9(20-8)7(2)16-11(18)13(3,4)10(17)15-12(16)19/h6-7H,5H2,1-4H3,(H,15,17,19). The number of rotatable bonds is 3. The molecule has 1 N–H and O–H groups in total. The minimum atomic E-state index is -1.24. The first-order valence-electron chi connectivity index (χ1n) is 6.42. The van der Waals surface area contributed by atoms with Crippen LogP contribution < -0.4 is 5.32 Å². The Balaban J connectivity index is 2.32. The fraction of sp³-hybridized carbons (Fsp3) is 0.538. The highest BCUT2D eigenvalue weighted by atomic mass is 32.1. The van der Waals surface area contributed by atoms with Gasteiger partial charge in [-0.1, -0.05) is 6.92 Å². The smallest absolute Gasteiger partial charge is 0.277 e. The molecule has 0 saturated carbocycles. The van der Waals surface area contributed by atoms with Gasteiger partial charge in [-0.15, -0.1) is 11.3 Å². The Bertz CT molecular complexity index is 579. The molecule has 1 aliphatic rings. The highest BCUT2D eigenvalue weighted by Gasteiger charge is 2.49. The number of barbiturate groups is 1. The number of carbonyl (C=O) groups excluding carboxylic acids is 3. The van der Waals surface area contributed by atoms with E-state index >= 15 is 0 Å². The van der Waals surface area contributed by atoms with Crippen molar-refractivity contribution in [2.24, 2.45) is 5.41 Å². The Kier molecular flexibility index (Phi) is 3.64. The molecule has 4 amide bonds. The zero-order chi connectivity index (χ0) is 15.1. The highest BCUT2D eigenvalue weighted by Crippen LogP contribution is 2.32. The van der Waals surface area contributed by atoms with E-state index in [-0.39, 0.29) is 0 Å². The number of amides is 4. The normalized spacial score (nSPS) is 20.0. The summed E-state index contributed by atoms with van der Waals surface area (Å²) in [5.41, 5.74) is -1.24. The van der Waals surface area contributed by atoms with E-state index in [0.717, 1.165) is 16.2 Å². The number of nitrogens with zero attached hydrogens (tertiary/aromatic N) is 2. The second kappa shape index (κ2) is 4.97. The average molecular weight is 295 g/mol. The van der Waals surface area contributed by atoms with Gasteiger partial charge in [0.15, 0.2) is 0 Å². The summed E-state index contributed by atoms with van der Waals surface area (Å²) in [6.45, 7) is 6.77. The van der Waals surface area contributed by atoms with Crippen LogP contribution in [0.15, 0.2) is 6.20 Å². The van der Waals surface area contributed by atoms with Crippen LogP contribution in [0.1, 0.15) is 43.6 Å². The van der Waals surface area contributed by atoms with E-state index in [1.54, 1.807) is 13.1 Å². The van der Waals surface area contributed by atoms with Crippen molar-refractivity contribution in [1.29, 1.82) is 0 Å². The van der Waals surface area contributed by atoms with Crippen LogP contribution in [0.25, 0.3) is 0 Å². The molecule has 20 heavy (non-hydrogen) atoms. The number of aryl methyl sites for hydroxylation is 1. The van der Waals surface area contributed by atoms with Crippen LogP contribution in [0.4, 0.5) is 4.79 Å². The van der Waals surface area contributed by atoms with Crippen LogP contribution in [0.5, 0.6) is 0 Å². The van der Waals surface area contributed by atoms with E-state index in [0.29, 0.717) is 5.01 Å². The molecule has 0 aliphatic carbocycles. The second-order valence-electron chi connectivity index (χ2n) is 5.25. The molecule has 7 heteroatoms. The van der Waals surface area contributed by atoms with Gasteiger partial charge < -0.3 is 0 Å². The number of hydrogen-bond donors (Lipinski definition) is 1. The zero-order valence-corrected chi connectivity index (χ0v) is 12.7. The molecular weight excluding hydrogens is 278 g/mol. The topological polar surface area (TPSA) is 79.4 Å². The summed E-state index contributed by atoms with van der Waals surface area (Å²) in [5, 5.41) is 2.92. The van der Waals surface area contributed by atoms with Crippen LogP contribution in [0.3, 0.4) is 0 Å². The van der Waals surface area contributed by atoms with Gasteiger partial charge in [-0.05, 0) is 27.2 Å². The number of nitrogens with one attached hydrogen (secondary N) is 1. The highest BCUT2D eigenvalue weighted by molar-refractivity contribution is 7.11. The third kappa shape index (κ3) is 2.22. The molecule has 1 saturated heterocycles. The Hall–Kier alpha value is -1.76. The maximum atomic E-state index is 12.4. The van der Waals surface area contributed by atoms with E-state index < -0.39 is 29.3 Å².